The molecule has 5 heteroatoms. The lowest BCUT2D eigenvalue weighted by Crippen LogP contribution is -2.05. The van der Waals surface area contributed by atoms with E-state index in [0.717, 1.165) is 6.21 Å². The highest BCUT2D eigenvalue weighted by Gasteiger charge is 1.90. The summed E-state index contributed by atoms with van der Waals surface area (Å²) >= 11 is 0. The van der Waals surface area contributed by atoms with Crippen molar-refractivity contribution >= 4 is 24.6 Å². The van der Waals surface area contributed by atoms with E-state index in [4.69, 9.17) is 0 Å². The largest absolute Gasteiger partial charge is 0.462 e. The maximum absolute atomic E-state index is 10.2. The van der Waals surface area contributed by atoms with Crippen LogP contribution in [0.15, 0.2) is 5.10 Å². The van der Waals surface area contributed by atoms with Crippen LogP contribution in [0.2, 0.25) is 0 Å². The Morgan fingerprint density at radius 2 is 2.44 bits per heavy atom. The molecule has 0 atom stereocenters. The van der Waals surface area contributed by atoms with Crippen molar-refractivity contribution in [1.29, 1.82) is 0 Å². The molecule has 0 aromatic carbocycles. The Labute approximate surface area is 59.5 Å². The second kappa shape index (κ2) is 7.23. The number of hydrazone groups is 1. The molecule has 0 aromatic rings. The van der Waals surface area contributed by atoms with E-state index in [2.05, 4.69) is 15.7 Å². The normalized spacial score (nSPS) is 8.56. The summed E-state index contributed by atoms with van der Waals surface area (Å²) in [4.78, 5) is 10.2. The first-order valence-electron chi connectivity index (χ1n) is 2.21. The zero-order valence-electron chi connectivity index (χ0n) is 5.03. The third-order valence-electron chi connectivity index (χ3n) is 0.467. The molecule has 0 radical (unpaired) electrons. The van der Waals surface area contributed by atoms with Crippen LogP contribution in [0.4, 0.5) is 0 Å². The fourth-order valence-corrected chi connectivity index (χ4v) is 0.240. The smallest absolute Gasteiger partial charge is 0.351 e. The lowest BCUT2D eigenvalue weighted by atomic mass is 10.7. The molecule has 0 aromatic heterocycles. The minimum atomic E-state index is -0.505. The Morgan fingerprint density at radius 3 is 2.78 bits per heavy atom. The predicted molar refractivity (Wildman–Crippen MR) is 36.6 cm³/mol. The van der Waals surface area contributed by atoms with Crippen LogP contribution in [0.3, 0.4) is 0 Å². The lowest BCUT2D eigenvalue weighted by molar-refractivity contribution is -0.134. The van der Waals surface area contributed by atoms with E-state index in [1.807, 2.05) is 0 Å². The van der Waals surface area contributed by atoms with Crippen LogP contribution in [-0.4, -0.2) is 18.8 Å². The van der Waals surface area contributed by atoms with Gasteiger partial charge in [-0.2, -0.15) is 5.10 Å². The summed E-state index contributed by atoms with van der Waals surface area (Å²) in [6.45, 7) is 2.06. The zero-order valence-corrected chi connectivity index (χ0v) is 5.85. The number of carbonyl (C=O) groups excluding carboxylic acids is 1. The summed E-state index contributed by atoms with van der Waals surface area (Å²) in [6, 6.07) is 0. The van der Waals surface area contributed by atoms with Gasteiger partial charge in [-0.3, -0.25) is 0 Å². The van der Waals surface area contributed by atoms with Crippen molar-refractivity contribution in [2.75, 3.05) is 6.61 Å². The van der Waals surface area contributed by atoms with Crippen LogP contribution in [-0.2, 0) is 9.53 Å². The number of halogens is 1. The number of rotatable bonds is 2. The molecule has 0 rings (SSSR count). The molecule has 54 valence electrons. The molecular formula is C4H9ClN2O2. The van der Waals surface area contributed by atoms with E-state index in [9.17, 15) is 4.79 Å². The number of nitrogens with two attached hydrogens (primary N) is 1. The van der Waals surface area contributed by atoms with Crippen LogP contribution in [0.5, 0.6) is 0 Å². The topological polar surface area (TPSA) is 64.7 Å². The van der Waals surface area contributed by atoms with Gasteiger partial charge in [-0.15, -0.1) is 12.4 Å². The highest BCUT2D eigenvalue weighted by Crippen LogP contribution is 1.69. The van der Waals surface area contributed by atoms with Gasteiger partial charge < -0.3 is 10.6 Å². The number of esters is 1. The Morgan fingerprint density at radius 1 is 1.89 bits per heavy atom. The second-order valence-electron chi connectivity index (χ2n) is 1.03. The maximum atomic E-state index is 10.2. The minimum absolute atomic E-state index is 0. The Balaban J connectivity index is 0. The van der Waals surface area contributed by atoms with E-state index >= 15 is 0 Å². The van der Waals surface area contributed by atoms with Gasteiger partial charge in [0, 0.05) is 0 Å². The van der Waals surface area contributed by atoms with Crippen molar-refractivity contribution in [3.63, 3.8) is 0 Å². The monoisotopic (exact) mass is 152 g/mol. The summed E-state index contributed by atoms with van der Waals surface area (Å²) in [6.07, 6.45) is 0.920. The Hall–Kier alpha value is -0.770. The van der Waals surface area contributed by atoms with Gasteiger partial charge in [0.15, 0.2) is 0 Å². The first kappa shape index (κ1) is 11.1. The van der Waals surface area contributed by atoms with E-state index in [0.29, 0.717) is 6.61 Å². The molecule has 0 bridgehead atoms. The van der Waals surface area contributed by atoms with Crippen molar-refractivity contribution in [3.8, 4) is 0 Å². The van der Waals surface area contributed by atoms with Crippen LogP contribution in [0, 0.1) is 0 Å². The highest BCUT2D eigenvalue weighted by molar-refractivity contribution is 6.22. The summed E-state index contributed by atoms with van der Waals surface area (Å²) < 4.78 is 4.41. The molecule has 4 nitrogen and oxygen atoms in total. The Bertz CT molecular complexity index is 105. The quantitative estimate of drug-likeness (QED) is 0.261. The molecule has 2 N–H and O–H groups in total. The number of carbonyl (C=O) groups is 1. The van der Waals surface area contributed by atoms with Gasteiger partial charge in [0.05, 0.1) is 6.61 Å². The van der Waals surface area contributed by atoms with Gasteiger partial charge in [-0.25, -0.2) is 4.79 Å². The van der Waals surface area contributed by atoms with Crippen molar-refractivity contribution in [2.45, 2.75) is 6.92 Å². The molecule has 0 saturated carbocycles. The number of hydrogen-bond donors (Lipinski definition) is 1. The standard InChI is InChI=1S/C4H8N2O2.ClH/c1-2-8-4(7)3-6-5;/h3H,2,5H2,1H3;1H. The molecule has 0 fully saturated rings. The average molecular weight is 153 g/mol. The number of ether oxygens (including phenoxy) is 1. The molecule has 0 saturated heterocycles. The molecule has 0 amide bonds. The summed E-state index contributed by atoms with van der Waals surface area (Å²) in [5.41, 5.74) is 0. The van der Waals surface area contributed by atoms with Gasteiger partial charge >= 0.3 is 5.97 Å². The SMILES string of the molecule is CCOC(=O)C=NN.Cl. The number of hydrogen-bond acceptors (Lipinski definition) is 4. The van der Waals surface area contributed by atoms with Crippen molar-refractivity contribution < 1.29 is 9.53 Å². The molecule has 0 heterocycles. The van der Waals surface area contributed by atoms with Gasteiger partial charge in [-0.05, 0) is 6.92 Å². The minimum Gasteiger partial charge on any atom is -0.462 e. The third-order valence-corrected chi connectivity index (χ3v) is 0.467. The number of nitrogens with zero attached hydrogens (tertiary/aromatic N) is 1. The molecular weight excluding hydrogens is 144 g/mol. The first-order valence-corrected chi connectivity index (χ1v) is 2.21. The van der Waals surface area contributed by atoms with Gasteiger partial charge in [0.25, 0.3) is 0 Å². The molecule has 0 aliphatic rings. The lowest BCUT2D eigenvalue weighted by Gasteiger charge is -1.90. The third kappa shape index (κ3) is 7.23. The molecule has 0 spiro atoms. The molecule has 0 aliphatic carbocycles. The van der Waals surface area contributed by atoms with Crippen molar-refractivity contribution in [3.05, 3.63) is 0 Å². The van der Waals surface area contributed by atoms with Gasteiger partial charge in [0.2, 0.25) is 0 Å². The van der Waals surface area contributed by atoms with E-state index in [1.165, 1.54) is 0 Å². The second-order valence-corrected chi connectivity index (χ2v) is 1.03. The van der Waals surface area contributed by atoms with Crippen molar-refractivity contribution in [2.24, 2.45) is 10.9 Å². The molecule has 9 heavy (non-hydrogen) atoms. The fourth-order valence-electron chi connectivity index (χ4n) is 0.240. The van der Waals surface area contributed by atoms with Crippen LogP contribution >= 0.6 is 12.4 Å². The van der Waals surface area contributed by atoms with Crippen molar-refractivity contribution in [1.82, 2.24) is 0 Å². The van der Waals surface area contributed by atoms with Crippen LogP contribution in [0.1, 0.15) is 6.92 Å². The van der Waals surface area contributed by atoms with Crippen LogP contribution < -0.4 is 5.84 Å². The summed E-state index contributed by atoms with van der Waals surface area (Å²) in [7, 11) is 0. The molecule has 0 aliphatic heterocycles. The van der Waals surface area contributed by atoms with Gasteiger partial charge in [-0.1, -0.05) is 0 Å². The van der Waals surface area contributed by atoms with Crippen LogP contribution in [0.25, 0.3) is 0 Å². The van der Waals surface area contributed by atoms with E-state index in [-0.39, 0.29) is 12.4 Å². The maximum Gasteiger partial charge on any atom is 0.351 e. The Kier molecular flexibility index (Phi) is 8.90. The summed E-state index contributed by atoms with van der Waals surface area (Å²) in [5, 5.41) is 2.95. The zero-order chi connectivity index (χ0) is 6.41. The average Bonchev–Trinajstić information content (AvgIpc) is 1.68. The van der Waals surface area contributed by atoms with E-state index in [1.54, 1.807) is 6.92 Å². The predicted octanol–water partition coefficient (Wildman–Crippen LogP) is -0.0842. The van der Waals surface area contributed by atoms with E-state index < -0.39 is 5.97 Å². The molecule has 0 unspecified atom stereocenters. The summed E-state index contributed by atoms with van der Waals surface area (Å²) in [5.74, 6) is 4.12. The fraction of sp³-hybridized carbons (Fsp3) is 0.500. The first-order chi connectivity index (χ1) is 3.81. The highest BCUT2D eigenvalue weighted by atomic mass is 35.5. The van der Waals surface area contributed by atoms with Gasteiger partial charge in [0.1, 0.15) is 6.21 Å².